The minimum atomic E-state index is -0.996. The summed E-state index contributed by atoms with van der Waals surface area (Å²) in [5.41, 5.74) is -1.06. The first-order valence-electron chi connectivity index (χ1n) is 13.7. The van der Waals surface area contributed by atoms with Crippen molar-refractivity contribution in [2.24, 2.45) is 11.8 Å². The molecule has 1 spiro atoms. The number of anilines is 1. The summed E-state index contributed by atoms with van der Waals surface area (Å²) in [5, 5.41) is 15.6. The molecule has 8 nitrogen and oxygen atoms in total. The molecule has 2 bridgehead atoms. The van der Waals surface area contributed by atoms with Gasteiger partial charge in [-0.3, -0.25) is 14.4 Å². The molecule has 3 N–H and O–H groups in total. The lowest BCUT2D eigenvalue weighted by Crippen LogP contribution is -2.57. The number of likely N-dealkylation sites (tertiary alicyclic amines) is 1. The molecule has 3 saturated heterocycles. The van der Waals surface area contributed by atoms with Crippen LogP contribution < -0.4 is 10.6 Å². The van der Waals surface area contributed by atoms with E-state index in [-0.39, 0.29) is 30.4 Å². The second kappa shape index (κ2) is 10.1. The third-order valence-electron chi connectivity index (χ3n) is 9.01. The van der Waals surface area contributed by atoms with Gasteiger partial charge in [0.15, 0.2) is 0 Å². The molecule has 3 amide bonds. The van der Waals surface area contributed by atoms with Gasteiger partial charge in [0.25, 0.3) is 0 Å². The second-order valence-corrected chi connectivity index (χ2v) is 11.0. The second-order valence-electron chi connectivity index (χ2n) is 11.0. The van der Waals surface area contributed by atoms with Gasteiger partial charge in [0.05, 0.1) is 17.4 Å². The summed E-state index contributed by atoms with van der Waals surface area (Å²) in [6.07, 6.45) is 8.28. The molecule has 1 aromatic rings. The van der Waals surface area contributed by atoms with Crippen LogP contribution in [-0.2, 0) is 19.1 Å². The molecular formula is C28H39N3O5. The van der Waals surface area contributed by atoms with Crippen LogP contribution in [0.4, 0.5) is 5.69 Å². The van der Waals surface area contributed by atoms with Gasteiger partial charge in [-0.15, -0.1) is 0 Å². The number of rotatable bonds is 9. The largest absolute Gasteiger partial charge is 0.396 e. The number of nitrogens with one attached hydrogen (secondary N) is 2. The fourth-order valence-electron chi connectivity index (χ4n) is 7.32. The van der Waals surface area contributed by atoms with Crippen LogP contribution in [0.1, 0.15) is 71.1 Å². The lowest BCUT2D eigenvalue weighted by Gasteiger charge is -2.35. The molecular weight excluding hydrogens is 458 g/mol. The van der Waals surface area contributed by atoms with Crippen LogP contribution in [0.15, 0.2) is 30.3 Å². The first kappa shape index (κ1) is 25.2. The van der Waals surface area contributed by atoms with Crippen molar-refractivity contribution >= 4 is 23.4 Å². The molecule has 3 heterocycles. The van der Waals surface area contributed by atoms with Crippen molar-refractivity contribution in [1.82, 2.24) is 10.2 Å². The predicted octanol–water partition coefficient (Wildman–Crippen LogP) is 3.00. The molecule has 2 unspecified atom stereocenters. The van der Waals surface area contributed by atoms with Crippen LogP contribution in [0.3, 0.4) is 0 Å². The zero-order valence-corrected chi connectivity index (χ0v) is 21.2. The molecule has 3 aliphatic heterocycles. The molecule has 5 atom stereocenters. The number of unbranched alkanes of at least 4 members (excludes halogenated alkanes) is 1. The predicted molar refractivity (Wildman–Crippen MR) is 135 cm³/mol. The van der Waals surface area contributed by atoms with Gasteiger partial charge in [-0.05, 0) is 57.1 Å². The number of nitrogens with zero attached hydrogens (tertiary/aromatic N) is 1. The Morgan fingerprint density at radius 3 is 2.53 bits per heavy atom. The van der Waals surface area contributed by atoms with Crippen molar-refractivity contribution in [3.8, 4) is 0 Å². The minimum Gasteiger partial charge on any atom is -0.396 e. The number of hydrogen-bond acceptors (Lipinski definition) is 5. The Morgan fingerprint density at radius 2 is 1.83 bits per heavy atom. The van der Waals surface area contributed by atoms with Gasteiger partial charge in [0, 0.05) is 24.9 Å². The van der Waals surface area contributed by atoms with Gasteiger partial charge < -0.3 is 25.4 Å². The van der Waals surface area contributed by atoms with Crippen molar-refractivity contribution in [2.75, 3.05) is 18.5 Å². The topological polar surface area (TPSA) is 108 Å². The van der Waals surface area contributed by atoms with Crippen LogP contribution in [0, 0.1) is 11.8 Å². The summed E-state index contributed by atoms with van der Waals surface area (Å²) in [5.74, 6) is -1.88. The third-order valence-corrected chi connectivity index (χ3v) is 9.01. The van der Waals surface area contributed by atoms with E-state index in [9.17, 15) is 19.5 Å². The number of aliphatic hydroxyl groups excluding tert-OH is 1. The fourth-order valence-corrected chi connectivity index (χ4v) is 7.32. The quantitative estimate of drug-likeness (QED) is 0.455. The first-order chi connectivity index (χ1) is 17.5. The van der Waals surface area contributed by atoms with Crippen LogP contribution >= 0.6 is 0 Å². The van der Waals surface area contributed by atoms with E-state index >= 15 is 0 Å². The summed E-state index contributed by atoms with van der Waals surface area (Å²) in [7, 11) is 0. The Labute approximate surface area is 213 Å². The fraction of sp³-hybridized carbons (Fsp3) is 0.679. The van der Waals surface area contributed by atoms with Gasteiger partial charge >= 0.3 is 0 Å². The lowest BCUT2D eigenvalue weighted by atomic mass is 9.65. The smallest absolute Gasteiger partial charge is 0.246 e. The van der Waals surface area contributed by atoms with Gasteiger partial charge in [0.2, 0.25) is 17.7 Å². The van der Waals surface area contributed by atoms with Crippen LogP contribution in [0.5, 0.6) is 0 Å². The average molecular weight is 498 g/mol. The molecule has 4 aliphatic rings. The number of aliphatic hydroxyl groups is 1. The molecule has 0 radical (unpaired) electrons. The Bertz CT molecular complexity index is 981. The van der Waals surface area contributed by atoms with Gasteiger partial charge in [0.1, 0.15) is 11.6 Å². The monoisotopic (exact) mass is 497 g/mol. The van der Waals surface area contributed by atoms with Crippen molar-refractivity contribution < 1.29 is 24.2 Å². The highest BCUT2D eigenvalue weighted by molar-refractivity contribution is 6.02. The molecule has 0 aromatic heterocycles. The molecule has 1 aromatic carbocycles. The third kappa shape index (κ3) is 4.12. The summed E-state index contributed by atoms with van der Waals surface area (Å²) < 4.78 is 6.79. The average Bonchev–Trinajstić information content (AvgIpc) is 3.49. The Morgan fingerprint density at radius 1 is 1.08 bits per heavy atom. The zero-order valence-electron chi connectivity index (χ0n) is 21.2. The van der Waals surface area contributed by atoms with Crippen molar-refractivity contribution in [1.29, 1.82) is 0 Å². The van der Waals surface area contributed by atoms with Crippen molar-refractivity contribution in [2.45, 2.75) is 94.4 Å². The number of carbonyl (C=O) groups is 3. The van der Waals surface area contributed by atoms with E-state index in [4.69, 9.17) is 4.74 Å². The van der Waals surface area contributed by atoms with E-state index in [0.29, 0.717) is 44.3 Å². The molecule has 5 rings (SSSR count). The summed E-state index contributed by atoms with van der Waals surface area (Å²) in [6, 6.07) is 8.64. The van der Waals surface area contributed by atoms with Crippen molar-refractivity contribution in [3.05, 3.63) is 30.3 Å². The van der Waals surface area contributed by atoms with Crippen LogP contribution in [-0.4, -0.2) is 64.2 Å². The SMILES string of the molecule is CC[C@]12CCC3(O1)C(C(=O)NC1CCCCC1)N(CCCCO)C(=O)[C@@H]3[C@H]2C(=O)Nc1ccccc1. The van der Waals surface area contributed by atoms with Crippen LogP contribution in [0.2, 0.25) is 0 Å². The van der Waals surface area contributed by atoms with E-state index in [0.717, 1.165) is 25.7 Å². The summed E-state index contributed by atoms with van der Waals surface area (Å²) in [4.78, 5) is 43.3. The maximum absolute atomic E-state index is 14.0. The summed E-state index contributed by atoms with van der Waals surface area (Å²) >= 11 is 0. The number of fused-ring (bicyclic) bond motifs is 1. The van der Waals surface area contributed by atoms with Gasteiger partial charge in [-0.2, -0.15) is 0 Å². The van der Waals surface area contributed by atoms with E-state index < -0.39 is 29.1 Å². The van der Waals surface area contributed by atoms with Gasteiger partial charge in [-0.25, -0.2) is 0 Å². The first-order valence-corrected chi connectivity index (χ1v) is 13.7. The Hall–Kier alpha value is -2.45. The van der Waals surface area contributed by atoms with E-state index in [2.05, 4.69) is 10.6 Å². The normalized spacial score (nSPS) is 33.6. The standard InChI is InChI=1S/C28H39N3O5/c1-2-27-15-16-28(36-27)22(21(27)24(33)29-19-11-5-3-6-12-19)26(35)31(17-9-10-18-32)23(28)25(34)30-20-13-7-4-8-14-20/h3,5-6,11-12,20-23,32H,2,4,7-10,13-18H2,1H3,(H,29,33)(H,30,34)/t21-,22-,23?,27+,28?/m0/s1. The van der Waals surface area contributed by atoms with E-state index in [1.54, 1.807) is 4.90 Å². The molecule has 4 fully saturated rings. The molecule has 1 saturated carbocycles. The maximum atomic E-state index is 14.0. The molecule has 1 aliphatic carbocycles. The molecule has 8 heteroatoms. The highest BCUT2D eigenvalue weighted by Gasteiger charge is 2.78. The highest BCUT2D eigenvalue weighted by Crippen LogP contribution is 2.64. The number of hydrogen-bond donors (Lipinski definition) is 3. The highest BCUT2D eigenvalue weighted by atomic mass is 16.5. The minimum absolute atomic E-state index is 0.0348. The lowest BCUT2D eigenvalue weighted by molar-refractivity contribution is -0.147. The Balaban J connectivity index is 1.47. The number of ether oxygens (including phenoxy) is 1. The van der Waals surface area contributed by atoms with Gasteiger partial charge in [-0.1, -0.05) is 44.4 Å². The zero-order chi connectivity index (χ0) is 25.3. The number of benzene rings is 1. The number of amides is 3. The summed E-state index contributed by atoms with van der Waals surface area (Å²) in [6.45, 7) is 2.41. The number of carbonyl (C=O) groups excluding carboxylic acids is 3. The molecule has 36 heavy (non-hydrogen) atoms. The van der Waals surface area contributed by atoms with Crippen molar-refractivity contribution in [3.63, 3.8) is 0 Å². The van der Waals surface area contributed by atoms with Crippen LogP contribution in [0.25, 0.3) is 0 Å². The Kier molecular flexibility index (Phi) is 7.10. The van der Waals surface area contributed by atoms with E-state index in [1.165, 1.54) is 6.42 Å². The molecule has 196 valence electrons. The van der Waals surface area contributed by atoms with E-state index in [1.807, 2.05) is 37.3 Å². The number of para-hydroxylation sites is 1. The maximum Gasteiger partial charge on any atom is 0.246 e.